The number of nitrogens with zero attached hydrogens (tertiary/aromatic N) is 3. The lowest BCUT2D eigenvalue weighted by atomic mass is 10.0. The van der Waals surface area contributed by atoms with Gasteiger partial charge in [0, 0.05) is 37.6 Å². The molecule has 0 aliphatic carbocycles. The van der Waals surface area contributed by atoms with Crippen LogP contribution in [0.4, 0.5) is 0 Å². The minimum atomic E-state index is -3.51. The second-order valence-corrected chi connectivity index (χ2v) is 9.76. The first-order valence-electron chi connectivity index (χ1n) is 9.61. The van der Waals surface area contributed by atoms with Gasteiger partial charge >= 0.3 is 0 Å². The van der Waals surface area contributed by atoms with Crippen LogP contribution in [0, 0.1) is 0 Å². The van der Waals surface area contributed by atoms with Crippen molar-refractivity contribution in [2.24, 2.45) is 0 Å². The number of hydrogen-bond acceptors (Lipinski definition) is 4. The average Bonchev–Trinajstić information content (AvgIpc) is 3.20. The molecular weight excluding hydrogens is 378 g/mol. The Morgan fingerprint density at radius 2 is 1.78 bits per heavy atom. The minimum Gasteiger partial charge on any atom is -0.303 e. The van der Waals surface area contributed by atoms with Gasteiger partial charge in [0.1, 0.15) is 0 Å². The lowest BCUT2D eigenvalue weighted by molar-refractivity contribution is 0.256. The molecule has 2 heterocycles. The monoisotopic (exact) mass is 407 g/mol. The van der Waals surface area contributed by atoms with Crippen LogP contribution in [0.2, 0.25) is 0 Å². The van der Waals surface area contributed by atoms with E-state index in [1.54, 1.807) is 19.9 Å². The number of rotatable bonds is 9. The molecule has 1 aliphatic heterocycles. The Bertz CT molecular complexity index is 818. The average molecular weight is 408 g/mol. The summed E-state index contributed by atoms with van der Waals surface area (Å²) in [7, 11) is -3.51. The molecule has 1 aliphatic rings. The summed E-state index contributed by atoms with van der Waals surface area (Å²) in [6, 6.07) is 12.1. The molecule has 5 nitrogen and oxygen atoms in total. The molecule has 1 aromatic heterocycles. The topological polar surface area (TPSA) is 43.9 Å². The Hall–Kier alpha value is -1.25. The summed E-state index contributed by atoms with van der Waals surface area (Å²) in [5.41, 5.74) is 2.38. The second-order valence-electron chi connectivity index (χ2n) is 6.80. The Morgan fingerprint density at radius 3 is 2.44 bits per heavy atom. The van der Waals surface area contributed by atoms with Crippen molar-refractivity contribution < 1.29 is 8.42 Å². The molecule has 27 heavy (non-hydrogen) atoms. The van der Waals surface area contributed by atoms with Gasteiger partial charge in [-0.2, -0.15) is 17.0 Å². The van der Waals surface area contributed by atoms with E-state index in [1.807, 2.05) is 35.7 Å². The van der Waals surface area contributed by atoms with Crippen LogP contribution < -0.4 is 0 Å². The molecule has 0 saturated heterocycles. The minimum absolute atomic E-state index is 0.444. The predicted molar refractivity (Wildman–Crippen MR) is 112 cm³/mol. The summed E-state index contributed by atoms with van der Waals surface area (Å²) < 4.78 is 30.2. The third-order valence-corrected chi connectivity index (χ3v) is 8.01. The van der Waals surface area contributed by atoms with Crippen LogP contribution in [0.3, 0.4) is 0 Å². The summed E-state index contributed by atoms with van der Waals surface area (Å²) in [5.74, 6) is 0. The van der Waals surface area contributed by atoms with Gasteiger partial charge in [-0.25, -0.2) is 0 Å². The first kappa shape index (κ1) is 20.5. The van der Waals surface area contributed by atoms with Gasteiger partial charge in [-0.1, -0.05) is 44.2 Å². The van der Waals surface area contributed by atoms with Gasteiger partial charge in [0.05, 0.1) is 0 Å². The molecular formula is C20H29N3O2S2. The van der Waals surface area contributed by atoms with Gasteiger partial charge in [0.2, 0.25) is 0 Å². The summed E-state index contributed by atoms with van der Waals surface area (Å²) in [6.07, 6.45) is 0.776. The molecule has 0 atom stereocenters. The van der Waals surface area contributed by atoms with E-state index < -0.39 is 10.2 Å². The van der Waals surface area contributed by atoms with Gasteiger partial charge in [-0.3, -0.25) is 0 Å². The molecule has 0 N–H and O–H groups in total. The quantitative estimate of drug-likeness (QED) is 0.641. The molecule has 148 valence electrons. The maximum atomic E-state index is 13.4. The third kappa shape index (κ3) is 4.97. The molecule has 2 aromatic rings. The van der Waals surface area contributed by atoms with Crippen LogP contribution >= 0.6 is 11.3 Å². The van der Waals surface area contributed by atoms with Crippen molar-refractivity contribution in [3.8, 4) is 0 Å². The van der Waals surface area contributed by atoms with Crippen molar-refractivity contribution in [1.29, 1.82) is 0 Å². The summed E-state index contributed by atoms with van der Waals surface area (Å²) in [5, 5.41) is 2.00. The van der Waals surface area contributed by atoms with E-state index in [-0.39, 0.29) is 0 Å². The van der Waals surface area contributed by atoms with Crippen molar-refractivity contribution in [2.75, 3.05) is 32.7 Å². The fourth-order valence-electron chi connectivity index (χ4n) is 3.48. The van der Waals surface area contributed by atoms with Gasteiger partial charge in [0.15, 0.2) is 0 Å². The van der Waals surface area contributed by atoms with Crippen molar-refractivity contribution in [3.05, 3.63) is 57.8 Å². The highest BCUT2D eigenvalue weighted by molar-refractivity contribution is 7.86. The standard InChI is InChI=1S/C20H29N3O2S2/c1-3-21(4-2)13-14-23(17-20-10-7-15-26-20)27(24,25)22-12-11-18-8-5-6-9-19(18)16-22/h5-10,15H,3-4,11-14,16-17H2,1-2H3. The molecule has 0 amide bonds. The molecule has 0 bridgehead atoms. The van der Waals surface area contributed by atoms with Crippen LogP contribution in [0.15, 0.2) is 41.8 Å². The first-order valence-corrected chi connectivity index (χ1v) is 11.9. The SMILES string of the molecule is CCN(CC)CCN(Cc1cccs1)S(=O)(=O)N1CCc2ccccc2C1. The lowest BCUT2D eigenvalue weighted by Gasteiger charge is -2.34. The van der Waals surface area contributed by atoms with Gasteiger partial charge in [-0.05, 0) is 42.1 Å². The molecule has 7 heteroatoms. The highest BCUT2D eigenvalue weighted by atomic mass is 32.2. The highest BCUT2D eigenvalue weighted by Gasteiger charge is 2.32. The maximum absolute atomic E-state index is 13.4. The second kappa shape index (κ2) is 9.30. The zero-order valence-corrected chi connectivity index (χ0v) is 17.8. The fraction of sp³-hybridized carbons (Fsp3) is 0.500. The summed E-state index contributed by atoms with van der Waals surface area (Å²) in [6.45, 7) is 8.81. The van der Waals surface area contributed by atoms with E-state index in [0.717, 1.165) is 36.5 Å². The number of hydrogen-bond donors (Lipinski definition) is 0. The number of likely N-dealkylation sites (N-methyl/N-ethyl adjacent to an activating group) is 1. The molecule has 0 unspecified atom stereocenters. The van der Waals surface area contributed by atoms with Crippen molar-refractivity contribution in [1.82, 2.24) is 13.5 Å². The fourth-order valence-corrected chi connectivity index (χ4v) is 5.84. The summed E-state index contributed by atoms with van der Waals surface area (Å²) in [4.78, 5) is 3.35. The van der Waals surface area contributed by atoms with Crippen LogP contribution in [0.5, 0.6) is 0 Å². The van der Waals surface area contributed by atoms with Crippen LogP contribution in [0.25, 0.3) is 0 Å². The van der Waals surface area contributed by atoms with Gasteiger partial charge < -0.3 is 4.90 Å². The zero-order chi connectivity index (χ0) is 19.3. The zero-order valence-electron chi connectivity index (χ0n) is 16.2. The largest absolute Gasteiger partial charge is 0.303 e. The van der Waals surface area contributed by atoms with Crippen LogP contribution in [0.1, 0.15) is 29.9 Å². The van der Waals surface area contributed by atoms with Crippen LogP contribution in [-0.4, -0.2) is 54.7 Å². The lowest BCUT2D eigenvalue weighted by Crippen LogP contribution is -2.47. The van der Waals surface area contributed by atoms with E-state index in [1.165, 1.54) is 5.56 Å². The molecule has 3 rings (SSSR count). The smallest absolute Gasteiger partial charge is 0.282 e. The predicted octanol–water partition coefficient (Wildman–Crippen LogP) is 3.20. The van der Waals surface area contributed by atoms with E-state index >= 15 is 0 Å². The van der Waals surface area contributed by atoms with E-state index in [0.29, 0.717) is 26.2 Å². The first-order chi connectivity index (χ1) is 13.0. The van der Waals surface area contributed by atoms with E-state index in [2.05, 4.69) is 24.8 Å². The van der Waals surface area contributed by atoms with Gasteiger partial charge in [-0.15, -0.1) is 11.3 Å². The molecule has 0 fully saturated rings. The number of thiophene rings is 1. The Kier molecular flexibility index (Phi) is 7.05. The number of benzene rings is 1. The Morgan fingerprint density at radius 1 is 1.04 bits per heavy atom. The van der Waals surface area contributed by atoms with Crippen LogP contribution in [-0.2, 0) is 29.7 Å². The highest BCUT2D eigenvalue weighted by Crippen LogP contribution is 2.24. The van der Waals surface area contributed by atoms with Crippen molar-refractivity contribution in [2.45, 2.75) is 33.4 Å². The number of fused-ring (bicyclic) bond motifs is 1. The van der Waals surface area contributed by atoms with Crippen molar-refractivity contribution in [3.63, 3.8) is 0 Å². The maximum Gasteiger partial charge on any atom is 0.282 e. The molecule has 0 spiro atoms. The molecule has 1 aromatic carbocycles. The van der Waals surface area contributed by atoms with E-state index in [9.17, 15) is 8.42 Å². The van der Waals surface area contributed by atoms with E-state index in [4.69, 9.17) is 0 Å². The Labute approximate surface area is 167 Å². The third-order valence-electron chi connectivity index (χ3n) is 5.22. The molecule has 0 radical (unpaired) electrons. The molecule has 0 saturated carbocycles. The van der Waals surface area contributed by atoms with Crippen molar-refractivity contribution >= 4 is 21.5 Å². The summed E-state index contributed by atoms with van der Waals surface area (Å²) >= 11 is 1.61. The normalized spacial score (nSPS) is 15.4. The van der Waals surface area contributed by atoms with Gasteiger partial charge in [0.25, 0.3) is 10.2 Å². The Balaban J connectivity index is 1.79.